The summed E-state index contributed by atoms with van der Waals surface area (Å²) in [4.78, 5) is 22.2. The lowest BCUT2D eigenvalue weighted by atomic mass is 10.2. The number of amides is 1. The van der Waals surface area contributed by atoms with Crippen LogP contribution in [0.3, 0.4) is 0 Å². The van der Waals surface area contributed by atoms with E-state index >= 15 is 0 Å². The van der Waals surface area contributed by atoms with Crippen LogP contribution in [0.4, 0.5) is 4.79 Å². The van der Waals surface area contributed by atoms with Gasteiger partial charge in [0.15, 0.2) is 0 Å². The fourth-order valence-corrected chi connectivity index (χ4v) is 1.68. The number of aliphatic carboxylic acids is 1. The van der Waals surface area contributed by atoms with Crippen molar-refractivity contribution < 1.29 is 33.0 Å². The van der Waals surface area contributed by atoms with Crippen molar-refractivity contribution in [2.45, 2.75) is 32.4 Å². The normalized spacial score (nSPS) is 10.8. The summed E-state index contributed by atoms with van der Waals surface area (Å²) in [5.41, 5.74) is 0.856. The van der Waals surface area contributed by atoms with Crippen molar-refractivity contribution in [1.82, 2.24) is 5.32 Å². The highest BCUT2D eigenvalue weighted by atomic mass is 31.1. The van der Waals surface area contributed by atoms with Gasteiger partial charge in [-0.25, -0.2) is 9.59 Å². The molecule has 1 aromatic carbocycles. The molecule has 1 amide bonds. The minimum absolute atomic E-state index is 0.130. The van der Waals surface area contributed by atoms with Gasteiger partial charge in [0.25, 0.3) is 0 Å². The van der Waals surface area contributed by atoms with E-state index in [0.717, 1.165) is 5.56 Å². The Morgan fingerprint density at radius 2 is 1.79 bits per heavy atom. The van der Waals surface area contributed by atoms with Crippen LogP contribution in [-0.4, -0.2) is 37.4 Å². The van der Waals surface area contributed by atoms with Crippen molar-refractivity contribution in [1.29, 1.82) is 0 Å². The molecule has 134 valence electrons. The SMILES string of the molecule is CCCC(NC(=O)OCc1ccccc1)C(=O)O.CO[P+](=O)OC. The number of alkyl carbamates (subject to hydrolysis) is 1. The van der Waals surface area contributed by atoms with Crippen LogP contribution in [0.5, 0.6) is 0 Å². The number of ether oxygens (including phenoxy) is 1. The van der Waals surface area contributed by atoms with Crippen LogP contribution < -0.4 is 5.32 Å². The molecular formula is C15H23NO7P+. The van der Waals surface area contributed by atoms with Gasteiger partial charge in [0.2, 0.25) is 0 Å². The van der Waals surface area contributed by atoms with Gasteiger partial charge in [-0.1, -0.05) is 43.7 Å². The van der Waals surface area contributed by atoms with E-state index in [9.17, 15) is 14.2 Å². The minimum Gasteiger partial charge on any atom is -0.480 e. The largest absolute Gasteiger partial charge is 0.696 e. The molecule has 9 heteroatoms. The molecule has 0 bridgehead atoms. The summed E-state index contributed by atoms with van der Waals surface area (Å²) in [7, 11) is 0.817. The Morgan fingerprint density at radius 1 is 1.21 bits per heavy atom. The number of carbonyl (C=O) groups is 2. The van der Waals surface area contributed by atoms with Crippen molar-refractivity contribution in [2.75, 3.05) is 14.2 Å². The Hall–Kier alpha value is -2.02. The van der Waals surface area contributed by atoms with Gasteiger partial charge in [0.05, 0.1) is 14.2 Å². The van der Waals surface area contributed by atoms with Gasteiger partial charge in [-0.3, -0.25) is 0 Å². The van der Waals surface area contributed by atoms with Crippen molar-refractivity contribution >= 4 is 20.3 Å². The fourth-order valence-electron chi connectivity index (χ4n) is 1.53. The average Bonchev–Trinajstić information content (AvgIpc) is 2.60. The fraction of sp³-hybridized carbons (Fsp3) is 0.467. The first-order chi connectivity index (χ1) is 11.4. The predicted molar refractivity (Wildman–Crippen MR) is 87.7 cm³/mol. The van der Waals surface area contributed by atoms with Crippen molar-refractivity contribution in [2.24, 2.45) is 0 Å². The van der Waals surface area contributed by atoms with Crippen LogP contribution in [-0.2, 0) is 29.8 Å². The Balaban J connectivity index is 0.000000754. The number of carboxylic acids is 1. The monoisotopic (exact) mass is 360 g/mol. The molecule has 0 saturated carbocycles. The lowest BCUT2D eigenvalue weighted by molar-refractivity contribution is -0.139. The molecule has 0 saturated heterocycles. The van der Waals surface area contributed by atoms with E-state index in [1.54, 1.807) is 0 Å². The summed E-state index contributed by atoms with van der Waals surface area (Å²) in [6.45, 7) is 1.98. The lowest BCUT2D eigenvalue weighted by Gasteiger charge is -2.13. The number of hydrogen-bond acceptors (Lipinski definition) is 6. The third-order valence-corrected chi connectivity index (χ3v) is 3.27. The molecule has 0 aliphatic heterocycles. The van der Waals surface area contributed by atoms with Crippen LogP contribution in [0.15, 0.2) is 30.3 Å². The van der Waals surface area contributed by atoms with E-state index in [1.165, 1.54) is 14.2 Å². The number of rotatable bonds is 8. The van der Waals surface area contributed by atoms with Gasteiger partial charge in [-0.2, -0.15) is 0 Å². The summed E-state index contributed by atoms with van der Waals surface area (Å²) in [5.74, 6) is -1.05. The first-order valence-corrected chi connectivity index (χ1v) is 8.29. The molecular weight excluding hydrogens is 337 g/mol. The molecule has 2 N–H and O–H groups in total. The van der Waals surface area contributed by atoms with Crippen molar-refractivity contribution in [3.8, 4) is 0 Å². The number of nitrogens with one attached hydrogen (secondary N) is 1. The summed E-state index contributed by atoms with van der Waals surface area (Å²) in [6, 6.07) is 8.31. The Morgan fingerprint density at radius 3 is 2.21 bits per heavy atom. The first-order valence-electron chi connectivity index (χ1n) is 7.20. The zero-order valence-corrected chi connectivity index (χ0v) is 14.8. The lowest BCUT2D eigenvalue weighted by Crippen LogP contribution is -2.40. The zero-order valence-electron chi connectivity index (χ0n) is 13.9. The van der Waals surface area contributed by atoms with Crippen LogP contribution in [0.25, 0.3) is 0 Å². The molecule has 0 aromatic heterocycles. The highest BCUT2D eigenvalue weighted by Crippen LogP contribution is 2.18. The smallest absolute Gasteiger partial charge is 0.480 e. The average molecular weight is 360 g/mol. The summed E-state index contributed by atoms with van der Waals surface area (Å²) in [6.07, 6.45) is 0.353. The molecule has 1 unspecified atom stereocenters. The van der Waals surface area contributed by atoms with E-state index in [4.69, 9.17) is 9.84 Å². The van der Waals surface area contributed by atoms with Crippen molar-refractivity contribution in [3.63, 3.8) is 0 Å². The van der Waals surface area contributed by atoms with Gasteiger partial charge in [-0.15, -0.1) is 9.05 Å². The molecule has 0 aliphatic rings. The number of benzene rings is 1. The molecule has 0 fully saturated rings. The van der Waals surface area contributed by atoms with Crippen LogP contribution in [0.1, 0.15) is 25.3 Å². The van der Waals surface area contributed by atoms with Crippen LogP contribution >= 0.6 is 8.25 Å². The molecule has 0 heterocycles. The van der Waals surface area contributed by atoms with E-state index in [0.29, 0.717) is 12.8 Å². The summed E-state index contributed by atoms with van der Waals surface area (Å²) >= 11 is 0. The molecule has 1 rings (SSSR count). The molecule has 1 aromatic rings. The molecule has 0 spiro atoms. The topological polar surface area (TPSA) is 111 Å². The number of hydrogen-bond donors (Lipinski definition) is 2. The number of carbonyl (C=O) groups excluding carboxylic acids is 1. The summed E-state index contributed by atoms with van der Waals surface area (Å²) in [5, 5.41) is 11.2. The number of carboxylic acid groups (broad SMARTS) is 1. The third-order valence-electron chi connectivity index (χ3n) is 2.68. The van der Waals surface area contributed by atoms with Gasteiger partial charge >= 0.3 is 20.3 Å². The molecule has 1 atom stereocenters. The second kappa shape index (κ2) is 13.4. The summed E-state index contributed by atoms with van der Waals surface area (Å²) < 4.78 is 23.2. The maximum absolute atomic E-state index is 11.4. The molecule has 0 aliphatic carbocycles. The molecule has 0 radical (unpaired) electrons. The van der Waals surface area contributed by atoms with E-state index in [-0.39, 0.29) is 6.61 Å². The van der Waals surface area contributed by atoms with Gasteiger partial charge in [0, 0.05) is 4.57 Å². The van der Waals surface area contributed by atoms with Gasteiger partial charge in [0.1, 0.15) is 12.6 Å². The quantitative estimate of drug-likeness (QED) is 0.685. The second-order valence-electron chi connectivity index (χ2n) is 4.47. The van der Waals surface area contributed by atoms with Crippen LogP contribution in [0.2, 0.25) is 0 Å². The van der Waals surface area contributed by atoms with E-state index < -0.39 is 26.4 Å². The highest BCUT2D eigenvalue weighted by molar-refractivity contribution is 7.33. The van der Waals surface area contributed by atoms with E-state index in [1.807, 2.05) is 37.3 Å². The minimum atomic E-state index is -1.83. The van der Waals surface area contributed by atoms with Gasteiger partial charge in [-0.05, 0) is 12.0 Å². The standard InChI is InChI=1S/C13H17NO4.C2H6O3P/c1-2-6-11(12(15)16)14-13(17)18-9-10-7-4-3-5-8-10;1-4-6(3)5-2/h3-5,7-8,11H,2,6,9H2,1H3,(H,14,17)(H,15,16);1-2H3/q;+1. The van der Waals surface area contributed by atoms with E-state index in [2.05, 4.69) is 14.4 Å². The molecule has 24 heavy (non-hydrogen) atoms. The highest BCUT2D eigenvalue weighted by Gasteiger charge is 2.19. The Labute approximate surface area is 142 Å². The maximum Gasteiger partial charge on any atom is 0.696 e. The Kier molecular flexibility index (Phi) is 12.3. The first kappa shape index (κ1) is 22.0. The van der Waals surface area contributed by atoms with Gasteiger partial charge < -0.3 is 15.2 Å². The zero-order chi connectivity index (χ0) is 18.4. The third kappa shape index (κ3) is 10.7. The maximum atomic E-state index is 11.4. The Bertz CT molecular complexity index is 504. The van der Waals surface area contributed by atoms with Crippen LogP contribution in [0, 0.1) is 0 Å². The van der Waals surface area contributed by atoms with Crippen molar-refractivity contribution in [3.05, 3.63) is 35.9 Å². The predicted octanol–water partition coefficient (Wildman–Crippen LogP) is 3.10. The second-order valence-corrected chi connectivity index (χ2v) is 5.65. The molecule has 8 nitrogen and oxygen atoms in total.